The molecule has 0 saturated heterocycles. The van der Waals surface area contributed by atoms with E-state index < -0.39 is 23.6 Å². The van der Waals surface area contributed by atoms with Crippen LogP contribution in [0.1, 0.15) is 64.4 Å². The third-order valence-corrected chi connectivity index (χ3v) is 5.96. The van der Waals surface area contributed by atoms with Crippen molar-refractivity contribution in [3.63, 3.8) is 0 Å². The maximum Gasteiger partial charge on any atom is 0.407 e. The summed E-state index contributed by atoms with van der Waals surface area (Å²) in [7, 11) is 0. The van der Waals surface area contributed by atoms with Gasteiger partial charge < -0.3 is 19.7 Å². The SMILES string of the molecule is CC(C)C(CC[C@@H](Cc1ncn2c1CCc1ccccc1-2)C(=O)O)NC(=O)OC(C)(C)C. The molecule has 174 valence electrons. The molecule has 0 aliphatic carbocycles. The monoisotopic (exact) mass is 441 g/mol. The number of benzene rings is 1. The average Bonchev–Trinajstić information content (AvgIpc) is 3.11. The highest BCUT2D eigenvalue weighted by molar-refractivity contribution is 5.70. The van der Waals surface area contributed by atoms with E-state index >= 15 is 0 Å². The summed E-state index contributed by atoms with van der Waals surface area (Å²) in [4.78, 5) is 28.8. The van der Waals surface area contributed by atoms with Gasteiger partial charge in [0.25, 0.3) is 0 Å². The lowest BCUT2D eigenvalue weighted by Crippen LogP contribution is -2.42. The lowest BCUT2D eigenvalue weighted by Gasteiger charge is -2.26. The highest BCUT2D eigenvalue weighted by atomic mass is 16.6. The minimum absolute atomic E-state index is 0.158. The Balaban J connectivity index is 1.67. The van der Waals surface area contributed by atoms with E-state index in [4.69, 9.17) is 4.74 Å². The van der Waals surface area contributed by atoms with E-state index in [1.54, 1.807) is 0 Å². The molecule has 1 aromatic heterocycles. The van der Waals surface area contributed by atoms with Crippen molar-refractivity contribution in [3.8, 4) is 5.69 Å². The van der Waals surface area contributed by atoms with Gasteiger partial charge in [-0.1, -0.05) is 32.0 Å². The fourth-order valence-electron chi connectivity index (χ4n) is 4.22. The summed E-state index contributed by atoms with van der Waals surface area (Å²) in [5, 5.41) is 12.8. The summed E-state index contributed by atoms with van der Waals surface area (Å²) in [6.07, 6.45) is 4.53. The van der Waals surface area contributed by atoms with Crippen molar-refractivity contribution in [3.05, 3.63) is 47.5 Å². The van der Waals surface area contributed by atoms with E-state index in [1.165, 1.54) is 5.56 Å². The molecule has 1 aliphatic heterocycles. The molecule has 1 aromatic carbocycles. The van der Waals surface area contributed by atoms with Gasteiger partial charge in [0.15, 0.2) is 0 Å². The van der Waals surface area contributed by atoms with Crippen LogP contribution < -0.4 is 5.32 Å². The Morgan fingerprint density at radius 2 is 1.91 bits per heavy atom. The number of fused-ring (bicyclic) bond motifs is 3. The number of carbonyl (C=O) groups excluding carboxylic acids is 1. The first-order valence-electron chi connectivity index (χ1n) is 11.4. The number of imidazole rings is 1. The molecule has 7 heteroatoms. The van der Waals surface area contributed by atoms with Crippen LogP contribution in [0.2, 0.25) is 0 Å². The quantitative estimate of drug-likeness (QED) is 0.627. The van der Waals surface area contributed by atoms with Crippen molar-refractivity contribution in [1.29, 1.82) is 0 Å². The molecule has 1 amide bonds. The zero-order chi connectivity index (χ0) is 23.5. The first-order valence-corrected chi connectivity index (χ1v) is 11.4. The Labute approximate surface area is 190 Å². The van der Waals surface area contributed by atoms with E-state index in [0.29, 0.717) is 19.3 Å². The Kier molecular flexibility index (Phi) is 7.26. The standard InChI is InChI=1S/C25H35N3O4/c1-16(2)19(27-24(31)32-25(3,4)5)12-10-18(23(29)30)14-20-22-13-11-17-8-6-7-9-21(17)28(22)15-26-20/h6-9,15-16,18-19H,10-14H2,1-5H3,(H,27,31)(H,29,30)/t18-,19?/m0/s1. The van der Waals surface area contributed by atoms with E-state index in [-0.39, 0.29) is 12.0 Å². The van der Waals surface area contributed by atoms with Crippen LogP contribution in [0.5, 0.6) is 0 Å². The summed E-state index contributed by atoms with van der Waals surface area (Å²) in [5.41, 5.74) is 3.79. The van der Waals surface area contributed by atoms with Gasteiger partial charge in [-0.25, -0.2) is 9.78 Å². The summed E-state index contributed by atoms with van der Waals surface area (Å²) < 4.78 is 7.46. The van der Waals surface area contributed by atoms with Crippen LogP contribution in [0.25, 0.3) is 5.69 Å². The largest absolute Gasteiger partial charge is 0.481 e. The molecule has 1 unspecified atom stereocenters. The zero-order valence-corrected chi connectivity index (χ0v) is 19.7. The highest BCUT2D eigenvalue weighted by Gasteiger charge is 2.27. The molecular weight excluding hydrogens is 406 g/mol. The number of nitrogens with one attached hydrogen (secondary N) is 1. The maximum atomic E-state index is 12.2. The number of carboxylic acid groups (broad SMARTS) is 1. The molecule has 2 N–H and O–H groups in total. The number of aliphatic carboxylic acids is 1. The van der Waals surface area contributed by atoms with Crippen LogP contribution in [-0.2, 0) is 28.8 Å². The molecule has 1 aliphatic rings. The van der Waals surface area contributed by atoms with Crippen molar-refractivity contribution in [2.45, 2.75) is 78.4 Å². The van der Waals surface area contributed by atoms with Gasteiger partial charge in [0.05, 0.1) is 17.9 Å². The Hall–Kier alpha value is -2.83. The molecule has 2 aromatic rings. The third kappa shape index (κ3) is 5.90. The fourth-order valence-corrected chi connectivity index (χ4v) is 4.22. The van der Waals surface area contributed by atoms with E-state index in [1.807, 2.05) is 53.1 Å². The summed E-state index contributed by atoms with van der Waals surface area (Å²) >= 11 is 0. The number of hydrogen-bond acceptors (Lipinski definition) is 4. The molecule has 7 nitrogen and oxygen atoms in total. The number of carbonyl (C=O) groups is 2. The topological polar surface area (TPSA) is 93.5 Å². The van der Waals surface area contributed by atoms with E-state index in [9.17, 15) is 14.7 Å². The number of carboxylic acids is 1. The Bertz CT molecular complexity index is 958. The number of alkyl carbamates (subject to hydrolysis) is 1. The molecule has 0 fully saturated rings. The molecule has 0 bridgehead atoms. The molecule has 2 heterocycles. The van der Waals surface area contributed by atoms with Crippen molar-refractivity contribution >= 4 is 12.1 Å². The molecule has 2 atom stereocenters. The Morgan fingerprint density at radius 1 is 1.19 bits per heavy atom. The van der Waals surface area contributed by atoms with E-state index in [2.05, 4.69) is 27.0 Å². The summed E-state index contributed by atoms with van der Waals surface area (Å²) in [6.45, 7) is 9.49. The van der Waals surface area contributed by atoms with Crippen molar-refractivity contribution in [2.24, 2.45) is 11.8 Å². The van der Waals surface area contributed by atoms with Crippen molar-refractivity contribution < 1.29 is 19.4 Å². The van der Waals surface area contributed by atoms with Gasteiger partial charge in [-0.05, 0) is 64.0 Å². The van der Waals surface area contributed by atoms with Crippen LogP contribution in [0.3, 0.4) is 0 Å². The second-order valence-electron chi connectivity index (χ2n) is 9.95. The van der Waals surface area contributed by atoms with Crippen molar-refractivity contribution in [2.75, 3.05) is 0 Å². The molecule has 0 spiro atoms. The minimum Gasteiger partial charge on any atom is -0.481 e. The number of hydrogen-bond donors (Lipinski definition) is 2. The van der Waals surface area contributed by atoms with Gasteiger partial charge in [-0.15, -0.1) is 0 Å². The van der Waals surface area contributed by atoms with Gasteiger partial charge in [0.2, 0.25) is 0 Å². The van der Waals surface area contributed by atoms with E-state index in [0.717, 1.165) is 29.9 Å². The second-order valence-corrected chi connectivity index (χ2v) is 9.95. The fraction of sp³-hybridized carbons (Fsp3) is 0.560. The lowest BCUT2D eigenvalue weighted by molar-refractivity contribution is -0.142. The molecule has 32 heavy (non-hydrogen) atoms. The first-order chi connectivity index (χ1) is 15.0. The highest BCUT2D eigenvalue weighted by Crippen LogP contribution is 2.28. The molecular formula is C25H35N3O4. The number of ether oxygens (including phenoxy) is 1. The second kappa shape index (κ2) is 9.76. The van der Waals surface area contributed by atoms with Gasteiger partial charge in [-0.2, -0.15) is 0 Å². The number of aryl methyl sites for hydroxylation is 1. The predicted octanol–water partition coefficient (Wildman–Crippen LogP) is 4.54. The predicted molar refractivity (Wildman–Crippen MR) is 123 cm³/mol. The van der Waals surface area contributed by atoms with Crippen molar-refractivity contribution in [1.82, 2.24) is 14.9 Å². The zero-order valence-electron chi connectivity index (χ0n) is 19.7. The van der Waals surface area contributed by atoms with Crippen LogP contribution in [-0.4, -0.2) is 38.4 Å². The van der Waals surface area contributed by atoms with Gasteiger partial charge >= 0.3 is 12.1 Å². The smallest absolute Gasteiger partial charge is 0.407 e. The normalized spacial score (nSPS) is 14.9. The third-order valence-electron chi connectivity index (χ3n) is 5.96. The lowest BCUT2D eigenvalue weighted by atomic mass is 9.90. The van der Waals surface area contributed by atoms with Crippen LogP contribution >= 0.6 is 0 Å². The van der Waals surface area contributed by atoms with Gasteiger partial charge in [0, 0.05) is 23.8 Å². The van der Waals surface area contributed by atoms with Gasteiger partial charge in [-0.3, -0.25) is 4.79 Å². The number of rotatable bonds is 8. The number of nitrogens with zero attached hydrogens (tertiary/aromatic N) is 2. The number of aromatic nitrogens is 2. The number of amides is 1. The van der Waals surface area contributed by atoms with Crippen LogP contribution in [0.15, 0.2) is 30.6 Å². The number of para-hydroxylation sites is 1. The summed E-state index contributed by atoms with van der Waals surface area (Å²) in [5.74, 6) is -1.23. The van der Waals surface area contributed by atoms with Crippen LogP contribution in [0, 0.1) is 11.8 Å². The summed E-state index contributed by atoms with van der Waals surface area (Å²) in [6, 6.07) is 8.10. The van der Waals surface area contributed by atoms with Gasteiger partial charge in [0.1, 0.15) is 5.60 Å². The molecule has 0 radical (unpaired) electrons. The molecule has 0 saturated carbocycles. The first kappa shape index (κ1) is 23.8. The Morgan fingerprint density at radius 3 is 2.56 bits per heavy atom. The molecule has 3 rings (SSSR count). The maximum absolute atomic E-state index is 12.2. The minimum atomic E-state index is -0.831. The average molecular weight is 442 g/mol. The van der Waals surface area contributed by atoms with Crippen LogP contribution in [0.4, 0.5) is 4.79 Å².